The second-order valence-corrected chi connectivity index (χ2v) is 6.07. The summed E-state index contributed by atoms with van der Waals surface area (Å²) >= 11 is 0. The minimum absolute atomic E-state index is 0.0350. The number of carbonyl (C=O) groups is 1. The van der Waals surface area contributed by atoms with E-state index in [4.69, 9.17) is 9.47 Å². The average Bonchev–Trinajstić information content (AvgIpc) is 3.02. The molecule has 21 heavy (non-hydrogen) atoms. The number of hydrogen-bond acceptors (Lipinski definition) is 3. The fraction of sp³-hybridized carbons (Fsp3) is 0.588. The molecule has 4 nitrogen and oxygen atoms in total. The lowest BCUT2D eigenvalue weighted by Crippen LogP contribution is -2.51. The van der Waals surface area contributed by atoms with E-state index in [1.807, 2.05) is 11.8 Å². The molecular weight excluding hydrogens is 266 g/mol. The molecule has 114 valence electrons. The van der Waals surface area contributed by atoms with Crippen molar-refractivity contribution in [2.45, 2.75) is 44.9 Å². The molecule has 0 aliphatic carbocycles. The van der Waals surface area contributed by atoms with Crippen LogP contribution >= 0.6 is 0 Å². The quantitative estimate of drug-likeness (QED) is 0.839. The van der Waals surface area contributed by atoms with E-state index in [2.05, 4.69) is 31.2 Å². The molecule has 0 spiro atoms. The molecule has 3 unspecified atom stereocenters. The van der Waals surface area contributed by atoms with Crippen molar-refractivity contribution in [2.24, 2.45) is 0 Å². The molecule has 3 rings (SSSR count). The summed E-state index contributed by atoms with van der Waals surface area (Å²) in [4.78, 5) is 14.5. The Morgan fingerprint density at radius 3 is 2.67 bits per heavy atom. The summed E-state index contributed by atoms with van der Waals surface area (Å²) in [5.41, 5.74) is 2.37. The van der Waals surface area contributed by atoms with Crippen molar-refractivity contribution in [1.82, 2.24) is 4.90 Å². The van der Waals surface area contributed by atoms with Gasteiger partial charge in [0.15, 0.2) is 0 Å². The highest BCUT2D eigenvalue weighted by Gasteiger charge is 2.35. The fourth-order valence-corrected chi connectivity index (χ4v) is 3.00. The Balaban J connectivity index is 1.71. The highest BCUT2D eigenvalue weighted by Crippen LogP contribution is 2.27. The van der Waals surface area contributed by atoms with E-state index in [9.17, 15) is 4.79 Å². The predicted octanol–water partition coefficient (Wildman–Crippen LogP) is 2.46. The SMILES string of the molecule is Cc1ccc(C2CN(C(=O)C3CCCO3)C(C)CO2)cc1. The van der Waals surface area contributed by atoms with Gasteiger partial charge in [0.1, 0.15) is 12.2 Å². The van der Waals surface area contributed by atoms with Gasteiger partial charge in [-0.25, -0.2) is 0 Å². The third kappa shape index (κ3) is 3.11. The Hall–Kier alpha value is -1.39. The molecule has 0 saturated carbocycles. The van der Waals surface area contributed by atoms with Crippen molar-refractivity contribution in [3.05, 3.63) is 35.4 Å². The third-order valence-corrected chi connectivity index (χ3v) is 4.37. The largest absolute Gasteiger partial charge is 0.370 e. The molecule has 0 aromatic heterocycles. The number of amides is 1. The van der Waals surface area contributed by atoms with E-state index in [1.165, 1.54) is 5.56 Å². The predicted molar refractivity (Wildman–Crippen MR) is 80.0 cm³/mol. The second-order valence-electron chi connectivity index (χ2n) is 6.07. The molecule has 3 atom stereocenters. The number of aryl methyl sites for hydroxylation is 1. The lowest BCUT2D eigenvalue weighted by Gasteiger charge is -2.39. The summed E-state index contributed by atoms with van der Waals surface area (Å²) in [6, 6.07) is 8.46. The Bertz CT molecular complexity index is 493. The summed E-state index contributed by atoms with van der Waals surface area (Å²) in [5.74, 6) is 0.125. The van der Waals surface area contributed by atoms with Crippen molar-refractivity contribution in [3.8, 4) is 0 Å². The van der Waals surface area contributed by atoms with Crippen LogP contribution in [0.2, 0.25) is 0 Å². The molecule has 1 amide bonds. The summed E-state index contributed by atoms with van der Waals surface area (Å²) in [7, 11) is 0. The first kappa shape index (κ1) is 14.5. The van der Waals surface area contributed by atoms with Gasteiger partial charge in [0.05, 0.1) is 19.2 Å². The number of nitrogens with zero attached hydrogens (tertiary/aromatic N) is 1. The first-order chi connectivity index (χ1) is 10.1. The van der Waals surface area contributed by atoms with Gasteiger partial charge in [-0.3, -0.25) is 4.79 Å². The van der Waals surface area contributed by atoms with Gasteiger partial charge in [-0.2, -0.15) is 0 Å². The van der Waals surface area contributed by atoms with Crippen LogP contribution in [0, 0.1) is 6.92 Å². The van der Waals surface area contributed by atoms with Gasteiger partial charge in [-0.15, -0.1) is 0 Å². The van der Waals surface area contributed by atoms with Gasteiger partial charge in [0.25, 0.3) is 5.91 Å². The number of benzene rings is 1. The monoisotopic (exact) mass is 289 g/mol. The molecule has 2 saturated heterocycles. The molecule has 0 radical (unpaired) electrons. The number of carbonyl (C=O) groups excluding carboxylic acids is 1. The van der Waals surface area contributed by atoms with Crippen molar-refractivity contribution >= 4 is 5.91 Å². The van der Waals surface area contributed by atoms with Crippen molar-refractivity contribution in [2.75, 3.05) is 19.8 Å². The molecular formula is C17H23NO3. The molecule has 0 N–H and O–H groups in total. The molecule has 1 aromatic rings. The maximum absolute atomic E-state index is 12.6. The van der Waals surface area contributed by atoms with Crippen LogP contribution in [0.15, 0.2) is 24.3 Å². The maximum Gasteiger partial charge on any atom is 0.252 e. The van der Waals surface area contributed by atoms with Gasteiger partial charge in [0, 0.05) is 6.61 Å². The van der Waals surface area contributed by atoms with Crippen LogP contribution in [-0.4, -0.2) is 42.7 Å². The van der Waals surface area contributed by atoms with E-state index in [0.29, 0.717) is 19.8 Å². The molecule has 4 heteroatoms. The van der Waals surface area contributed by atoms with E-state index >= 15 is 0 Å². The van der Waals surface area contributed by atoms with Gasteiger partial charge in [-0.1, -0.05) is 29.8 Å². The summed E-state index contributed by atoms with van der Waals surface area (Å²) in [5, 5.41) is 0. The van der Waals surface area contributed by atoms with E-state index in [0.717, 1.165) is 18.4 Å². The number of rotatable bonds is 2. The van der Waals surface area contributed by atoms with Gasteiger partial charge in [0.2, 0.25) is 0 Å². The van der Waals surface area contributed by atoms with E-state index in [-0.39, 0.29) is 24.2 Å². The first-order valence-electron chi connectivity index (χ1n) is 7.75. The van der Waals surface area contributed by atoms with E-state index in [1.54, 1.807) is 0 Å². The van der Waals surface area contributed by atoms with Crippen LogP contribution in [0.1, 0.15) is 37.0 Å². The van der Waals surface area contributed by atoms with Gasteiger partial charge >= 0.3 is 0 Å². The van der Waals surface area contributed by atoms with Crippen LogP contribution in [-0.2, 0) is 14.3 Å². The molecule has 2 heterocycles. The second kappa shape index (κ2) is 6.16. The number of ether oxygens (including phenoxy) is 2. The highest BCUT2D eigenvalue weighted by atomic mass is 16.5. The van der Waals surface area contributed by atoms with Crippen LogP contribution in [0.5, 0.6) is 0 Å². The highest BCUT2D eigenvalue weighted by molar-refractivity contribution is 5.81. The smallest absolute Gasteiger partial charge is 0.252 e. The summed E-state index contributed by atoms with van der Waals surface area (Å²) < 4.78 is 11.5. The Morgan fingerprint density at radius 1 is 1.24 bits per heavy atom. The average molecular weight is 289 g/mol. The van der Waals surface area contributed by atoms with Crippen molar-refractivity contribution in [1.29, 1.82) is 0 Å². The number of hydrogen-bond donors (Lipinski definition) is 0. The van der Waals surface area contributed by atoms with Crippen LogP contribution in [0.4, 0.5) is 0 Å². The van der Waals surface area contributed by atoms with Gasteiger partial charge < -0.3 is 14.4 Å². The van der Waals surface area contributed by atoms with Crippen LogP contribution in [0.3, 0.4) is 0 Å². The lowest BCUT2D eigenvalue weighted by atomic mass is 10.0. The molecule has 2 aliphatic heterocycles. The van der Waals surface area contributed by atoms with Crippen molar-refractivity contribution < 1.29 is 14.3 Å². The normalized spacial score (nSPS) is 29.6. The summed E-state index contributed by atoms with van der Waals surface area (Å²) in [6.07, 6.45) is 1.55. The number of morpholine rings is 1. The fourth-order valence-electron chi connectivity index (χ4n) is 3.00. The molecule has 1 aromatic carbocycles. The Labute approximate surface area is 126 Å². The third-order valence-electron chi connectivity index (χ3n) is 4.37. The molecule has 0 bridgehead atoms. The maximum atomic E-state index is 12.6. The van der Waals surface area contributed by atoms with Gasteiger partial charge in [-0.05, 0) is 32.3 Å². The molecule has 2 fully saturated rings. The Morgan fingerprint density at radius 2 is 2.00 bits per heavy atom. The lowest BCUT2D eigenvalue weighted by molar-refractivity contribution is -0.154. The Kier molecular flexibility index (Phi) is 4.27. The summed E-state index contributed by atoms with van der Waals surface area (Å²) in [6.45, 7) is 6.01. The zero-order valence-electron chi connectivity index (χ0n) is 12.7. The zero-order valence-corrected chi connectivity index (χ0v) is 12.7. The minimum Gasteiger partial charge on any atom is -0.370 e. The molecule has 2 aliphatic rings. The van der Waals surface area contributed by atoms with Crippen LogP contribution in [0.25, 0.3) is 0 Å². The van der Waals surface area contributed by atoms with Crippen molar-refractivity contribution in [3.63, 3.8) is 0 Å². The van der Waals surface area contributed by atoms with E-state index < -0.39 is 0 Å². The minimum atomic E-state index is -0.246. The standard InChI is InChI=1S/C17H23NO3/c1-12-5-7-14(8-6-12)16-10-18(13(2)11-21-16)17(19)15-4-3-9-20-15/h5-8,13,15-16H,3-4,9-11H2,1-2H3. The van der Waals surface area contributed by atoms with Crippen LogP contribution < -0.4 is 0 Å². The first-order valence-corrected chi connectivity index (χ1v) is 7.75. The zero-order chi connectivity index (χ0) is 14.8. The topological polar surface area (TPSA) is 38.8 Å².